The molecule has 3 rings (SSSR count). The van der Waals surface area contributed by atoms with Crippen molar-refractivity contribution in [3.8, 4) is 0 Å². The van der Waals surface area contributed by atoms with Crippen molar-refractivity contribution in [3.05, 3.63) is 30.4 Å². The third kappa shape index (κ3) is 3.22. The Hall–Kier alpha value is -1.75. The Morgan fingerprint density at radius 3 is 2.65 bits per heavy atom. The second-order valence-electron chi connectivity index (χ2n) is 4.58. The van der Waals surface area contributed by atoms with Crippen LogP contribution in [0, 0.1) is 0 Å². The summed E-state index contributed by atoms with van der Waals surface area (Å²) >= 11 is 0. The average molecular weight is 275 g/mol. The highest BCUT2D eigenvalue weighted by Crippen LogP contribution is 2.29. The standard InChI is InChI=1S/C13H15N3O2.C2H6/c17-12-8-10(11-4-5-14-9-15-11)13(18-12)16-6-2-1-3-7-16;1-2/h4-5,8-9,13H,1-3,6-7H2;1-2H3. The van der Waals surface area contributed by atoms with Crippen molar-refractivity contribution in [1.82, 2.24) is 14.9 Å². The first-order valence-corrected chi connectivity index (χ1v) is 7.27. The Bertz CT molecular complexity index is 467. The molecule has 1 fully saturated rings. The second kappa shape index (κ2) is 7.14. The first-order chi connectivity index (χ1) is 9.84. The fourth-order valence-electron chi connectivity index (χ4n) is 2.49. The van der Waals surface area contributed by atoms with Crippen molar-refractivity contribution in [1.29, 1.82) is 0 Å². The van der Waals surface area contributed by atoms with Crippen LogP contribution in [0.25, 0.3) is 5.57 Å². The Kier molecular flexibility index (Phi) is 5.24. The molecule has 0 bridgehead atoms. The highest BCUT2D eigenvalue weighted by molar-refractivity contribution is 5.96. The maximum absolute atomic E-state index is 11.5. The minimum atomic E-state index is -0.279. The van der Waals surface area contributed by atoms with Crippen molar-refractivity contribution < 1.29 is 9.53 Å². The maximum Gasteiger partial charge on any atom is 0.333 e. The van der Waals surface area contributed by atoms with Gasteiger partial charge in [0.15, 0.2) is 6.23 Å². The van der Waals surface area contributed by atoms with E-state index in [2.05, 4.69) is 14.9 Å². The molecule has 0 saturated carbocycles. The Balaban J connectivity index is 0.000000704. The van der Waals surface area contributed by atoms with E-state index in [1.165, 1.54) is 12.7 Å². The lowest BCUT2D eigenvalue weighted by molar-refractivity contribution is -0.145. The van der Waals surface area contributed by atoms with Gasteiger partial charge in [-0.3, -0.25) is 4.90 Å². The van der Waals surface area contributed by atoms with Crippen molar-refractivity contribution >= 4 is 11.5 Å². The number of hydrogen-bond donors (Lipinski definition) is 0. The zero-order chi connectivity index (χ0) is 14.4. The molecule has 0 spiro atoms. The second-order valence-corrected chi connectivity index (χ2v) is 4.58. The van der Waals surface area contributed by atoms with Crippen molar-refractivity contribution in [3.63, 3.8) is 0 Å². The number of likely N-dealkylation sites (tertiary alicyclic amines) is 1. The molecule has 0 N–H and O–H groups in total. The van der Waals surface area contributed by atoms with Crippen LogP contribution in [0.5, 0.6) is 0 Å². The van der Waals surface area contributed by atoms with Gasteiger partial charge in [0.1, 0.15) is 6.33 Å². The molecule has 108 valence electrons. The summed E-state index contributed by atoms with van der Waals surface area (Å²) in [6.07, 6.45) is 8.01. The Morgan fingerprint density at radius 2 is 2.00 bits per heavy atom. The van der Waals surface area contributed by atoms with Crippen LogP contribution in [-0.4, -0.2) is 40.2 Å². The number of hydrogen-bond acceptors (Lipinski definition) is 5. The van der Waals surface area contributed by atoms with Gasteiger partial charge < -0.3 is 4.74 Å². The molecule has 1 unspecified atom stereocenters. The van der Waals surface area contributed by atoms with Gasteiger partial charge in [0.25, 0.3) is 0 Å². The summed E-state index contributed by atoms with van der Waals surface area (Å²) in [5.41, 5.74) is 1.62. The van der Waals surface area contributed by atoms with Crippen LogP contribution in [-0.2, 0) is 9.53 Å². The molecule has 1 saturated heterocycles. The van der Waals surface area contributed by atoms with Crippen LogP contribution in [0.4, 0.5) is 0 Å². The lowest BCUT2D eigenvalue weighted by Crippen LogP contribution is -2.40. The molecule has 3 heterocycles. The molecule has 5 heteroatoms. The summed E-state index contributed by atoms with van der Waals surface area (Å²) in [6, 6.07) is 1.81. The minimum Gasteiger partial charge on any atom is -0.439 e. The smallest absolute Gasteiger partial charge is 0.333 e. The molecule has 5 nitrogen and oxygen atoms in total. The van der Waals surface area contributed by atoms with Crippen LogP contribution in [0.3, 0.4) is 0 Å². The third-order valence-electron chi connectivity index (χ3n) is 3.37. The van der Waals surface area contributed by atoms with Crippen molar-refractivity contribution in [2.45, 2.75) is 39.3 Å². The summed E-state index contributed by atoms with van der Waals surface area (Å²) in [6.45, 7) is 5.95. The number of carbonyl (C=O) groups excluding carboxylic acids is 1. The number of ether oxygens (including phenoxy) is 1. The zero-order valence-corrected chi connectivity index (χ0v) is 12.1. The van der Waals surface area contributed by atoms with Gasteiger partial charge in [-0.2, -0.15) is 0 Å². The van der Waals surface area contributed by atoms with Gasteiger partial charge in [-0.25, -0.2) is 14.8 Å². The predicted molar refractivity (Wildman–Crippen MR) is 76.7 cm³/mol. The van der Waals surface area contributed by atoms with E-state index in [1.807, 2.05) is 19.9 Å². The highest BCUT2D eigenvalue weighted by atomic mass is 16.6. The maximum atomic E-state index is 11.5. The molecule has 0 amide bonds. The number of esters is 1. The molecule has 0 aliphatic carbocycles. The largest absolute Gasteiger partial charge is 0.439 e. The lowest BCUT2D eigenvalue weighted by atomic mass is 10.1. The number of carbonyl (C=O) groups is 1. The fourth-order valence-corrected chi connectivity index (χ4v) is 2.49. The minimum absolute atomic E-state index is 0.271. The van der Waals surface area contributed by atoms with Gasteiger partial charge in [-0.15, -0.1) is 0 Å². The number of cyclic esters (lactones) is 1. The summed E-state index contributed by atoms with van der Waals surface area (Å²) in [4.78, 5) is 21.8. The van der Waals surface area contributed by atoms with Crippen LogP contribution in [0.2, 0.25) is 0 Å². The summed E-state index contributed by atoms with van der Waals surface area (Å²) < 4.78 is 5.40. The van der Waals surface area contributed by atoms with Crippen molar-refractivity contribution in [2.24, 2.45) is 0 Å². The fraction of sp³-hybridized carbons (Fsp3) is 0.533. The summed E-state index contributed by atoms with van der Waals surface area (Å²) in [5.74, 6) is -0.279. The van der Waals surface area contributed by atoms with E-state index in [0.717, 1.165) is 37.2 Å². The van der Waals surface area contributed by atoms with E-state index in [1.54, 1.807) is 12.3 Å². The highest BCUT2D eigenvalue weighted by Gasteiger charge is 2.33. The first kappa shape index (κ1) is 14.7. The number of rotatable bonds is 2. The van der Waals surface area contributed by atoms with E-state index in [0.29, 0.717) is 0 Å². The summed E-state index contributed by atoms with van der Waals surface area (Å²) in [7, 11) is 0. The van der Waals surface area contributed by atoms with E-state index >= 15 is 0 Å². The molecule has 0 aromatic carbocycles. The van der Waals surface area contributed by atoms with Crippen LogP contribution in [0.1, 0.15) is 38.8 Å². The molecule has 0 radical (unpaired) electrons. The van der Waals surface area contributed by atoms with Crippen LogP contribution in [0.15, 0.2) is 24.7 Å². The van der Waals surface area contributed by atoms with Crippen molar-refractivity contribution in [2.75, 3.05) is 13.1 Å². The van der Waals surface area contributed by atoms with E-state index in [4.69, 9.17) is 4.74 Å². The molecule has 2 aliphatic heterocycles. The zero-order valence-electron chi connectivity index (χ0n) is 12.1. The average Bonchev–Trinajstić information content (AvgIpc) is 2.93. The van der Waals surface area contributed by atoms with E-state index in [9.17, 15) is 4.79 Å². The van der Waals surface area contributed by atoms with Gasteiger partial charge in [-0.05, 0) is 18.9 Å². The topological polar surface area (TPSA) is 55.3 Å². The predicted octanol–water partition coefficient (Wildman–Crippen LogP) is 2.25. The number of nitrogens with zero attached hydrogens (tertiary/aromatic N) is 3. The van der Waals surface area contributed by atoms with Gasteiger partial charge in [-0.1, -0.05) is 20.3 Å². The normalized spacial score (nSPS) is 22.6. The monoisotopic (exact) mass is 275 g/mol. The molecule has 20 heavy (non-hydrogen) atoms. The van der Waals surface area contributed by atoms with Crippen LogP contribution >= 0.6 is 0 Å². The van der Waals surface area contributed by atoms with E-state index < -0.39 is 0 Å². The molecule has 1 aromatic rings. The molecule has 1 atom stereocenters. The molecule has 1 aromatic heterocycles. The quantitative estimate of drug-likeness (QED) is 0.775. The molecule has 2 aliphatic rings. The molecular formula is C15H21N3O2. The van der Waals surface area contributed by atoms with Crippen LogP contribution < -0.4 is 0 Å². The Labute approximate surface area is 119 Å². The number of piperidine rings is 1. The molecular weight excluding hydrogens is 254 g/mol. The Morgan fingerprint density at radius 1 is 1.25 bits per heavy atom. The summed E-state index contributed by atoms with van der Waals surface area (Å²) in [5, 5.41) is 0. The first-order valence-electron chi connectivity index (χ1n) is 7.27. The van der Waals surface area contributed by atoms with Gasteiger partial charge >= 0.3 is 5.97 Å². The van der Waals surface area contributed by atoms with Gasteiger partial charge in [0.2, 0.25) is 0 Å². The SMILES string of the molecule is CC.O=C1C=C(c2ccncn2)C(N2CCCCC2)O1. The number of aromatic nitrogens is 2. The third-order valence-corrected chi connectivity index (χ3v) is 3.37. The van der Waals surface area contributed by atoms with Gasteiger partial charge in [0.05, 0.1) is 5.69 Å². The lowest BCUT2D eigenvalue weighted by Gasteiger charge is -2.32. The van der Waals surface area contributed by atoms with Gasteiger partial charge in [0, 0.05) is 30.9 Å². The van der Waals surface area contributed by atoms with E-state index in [-0.39, 0.29) is 12.2 Å².